The fourth-order valence-electron chi connectivity index (χ4n) is 1.10. The number of hydrogen-bond acceptors (Lipinski definition) is 3. The molecule has 0 saturated carbocycles. The predicted molar refractivity (Wildman–Crippen MR) is 69.9 cm³/mol. The molecule has 3 N–H and O–H groups in total. The van der Waals surface area contributed by atoms with Crippen molar-refractivity contribution in [1.82, 2.24) is 0 Å². The second-order valence-corrected chi connectivity index (χ2v) is 5.34. The highest BCUT2D eigenvalue weighted by Crippen LogP contribution is 2.14. The molecule has 0 aliphatic rings. The highest BCUT2D eigenvalue weighted by atomic mass is 32.2. The van der Waals surface area contributed by atoms with Crippen molar-refractivity contribution in [3.8, 4) is 0 Å². The normalized spacial score (nSPS) is 14.2. The van der Waals surface area contributed by atoms with Crippen molar-refractivity contribution in [2.45, 2.75) is 38.0 Å². The molecule has 8 heteroatoms. The van der Waals surface area contributed by atoms with E-state index in [-0.39, 0.29) is 6.42 Å². The zero-order valence-corrected chi connectivity index (χ0v) is 11.6. The van der Waals surface area contributed by atoms with Crippen molar-refractivity contribution in [2.75, 3.05) is 19.0 Å². The lowest BCUT2D eigenvalue weighted by Gasteiger charge is -2.11. The molecular formula is C11H22F3NO3S. The van der Waals surface area contributed by atoms with E-state index in [1.54, 1.807) is 6.08 Å². The monoisotopic (exact) mass is 305 g/mol. The number of rotatable bonds is 9. The molecular weight excluding hydrogens is 283 g/mol. The molecule has 2 atom stereocenters. The van der Waals surface area contributed by atoms with Crippen LogP contribution in [-0.4, -0.2) is 44.3 Å². The summed E-state index contributed by atoms with van der Waals surface area (Å²) in [4.78, 5) is 0. The van der Waals surface area contributed by atoms with E-state index in [2.05, 4.69) is 6.58 Å². The van der Waals surface area contributed by atoms with E-state index < -0.39 is 34.9 Å². The van der Waals surface area contributed by atoms with Crippen LogP contribution in [0.5, 0.6) is 0 Å². The van der Waals surface area contributed by atoms with Gasteiger partial charge in [0.1, 0.15) is 18.1 Å². The Morgan fingerprint density at radius 1 is 1.21 bits per heavy atom. The van der Waals surface area contributed by atoms with E-state index in [0.717, 1.165) is 0 Å². The van der Waals surface area contributed by atoms with E-state index in [4.69, 9.17) is 10.3 Å². The van der Waals surface area contributed by atoms with Crippen molar-refractivity contribution >= 4 is 10.1 Å². The topological polar surface area (TPSA) is 80.4 Å². The van der Waals surface area contributed by atoms with Crippen LogP contribution in [0.15, 0.2) is 12.7 Å². The Labute approximate surface area is 112 Å². The van der Waals surface area contributed by atoms with Crippen LogP contribution in [0.1, 0.15) is 25.7 Å². The average Bonchev–Trinajstić information content (AvgIpc) is 2.32. The fourth-order valence-corrected chi connectivity index (χ4v) is 1.71. The van der Waals surface area contributed by atoms with Gasteiger partial charge in [0.05, 0.1) is 6.67 Å². The Balaban J connectivity index is 0. The first-order valence-electron chi connectivity index (χ1n) is 5.88. The summed E-state index contributed by atoms with van der Waals surface area (Å²) in [5, 5.41) is 0. The molecule has 0 aliphatic carbocycles. The minimum atomic E-state index is -4.48. The minimum absolute atomic E-state index is 0.156. The maximum atomic E-state index is 12.9. The summed E-state index contributed by atoms with van der Waals surface area (Å²) in [5.41, 5.74) is 4.91. The molecule has 0 fully saturated rings. The standard InChI is InChI=1S/C8H15F3O3S.C3H7N/c9-5-3-1-2-4-7(10)8(11)6-15(12,13)14;1-2-3-4/h7-8H,1-6H2,(H,12,13,14);2H,1,3-4H2. The second-order valence-electron chi connectivity index (χ2n) is 3.84. The Morgan fingerprint density at radius 3 is 2.11 bits per heavy atom. The van der Waals surface area contributed by atoms with Crippen molar-refractivity contribution < 1.29 is 26.1 Å². The zero-order valence-electron chi connectivity index (χ0n) is 10.8. The summed E-state index contributed by atoms with van der Waals surface area (Å²) in [6, 6.07) is 0. The molecule has 0 bridgehead atoms. The first-order chi connectivity index (χ1) is 8.78. The Hall–Kier alpha value is -0.600. The van der Waals surface area contributed by atoms with Gasteiger partial charge in [-0.25, -0.2) is 8.78 Å². The number of halogens is 3. The van der Waals surface area contributed by atoms with Gasteiger partial charge in [0.15, 0.2) is 0 Å². The van der Waals surface area contributed by atoms with E-state index in [1.165, 1.54) is 0 Å². The molecule has 0 heterocycles. The van der Waals surface area contributed by atoms with Gasteiger partial charge in [0, 0.05) is 6.54 Å². The van der Waals surface area contributed by atoms with Crippen LogP contribution in [0.25, 0.3) is 0 Å². The lowest BCUT2D eigenvalue weighted by atomic mass is 10.1. The third kappa shape index (κ3) is 17.4. The molecule has 0 amide bonds. The van der Waals surface area contributed by atoms with E-state index >= 15 is 0 Å². The Kier molecular flexibility index (Phi) is 13.6. The molecule has 2 unspecified atom stereocenters. The molecule has 0 aromatic heterocycles. The van der Waals surface area contributed by atoms with Gasteiger partial charge in [-0.3, -0.25) is 8.94 Å². The summed E-state index contributed by atoms with van der Waals surface area (Å²) >= 11 is 0. The SMILES string of the molecule is C=CCN.O=S(=O)(O)CC(F)C(F)CCCCCF. The summed E-state index contributed by atoms with van der Waals surface area (Å²) in [6.45, 7) is 3.44. The Bertz CT molecular complexity index is 312. The summed E-state index contributed by atoms with van der Waals surface area (Å²) < 4.78 is 66.0. The van der Waals surface area contributed by atoms with Crippen LogP contribution in [0.4, 0.5) is 13.2 Å². The van der Waals surface area contributed by atoms with E-state index in [1.807, 2.05) is 0 Å². The van der Waals surface area contributed by atoms with Crippen LogP contribution >= 0.6 is 0 Å². The smallest absolute Gasteiger partial charge is 0.267 e. The molecule has 19 heavy (non-hydrogen) atoms. The molecule has 0 spiro atoms. The van der Waals surface area contributed by atoms with Crippen LogP contribution in [-0.2, 0) is 10.1 Å². The predicted octanol–water partition coefficient (Wildman–Crippen LogP) is 2.21. The van der Waals surface area contributed by atoms with E-state index in [0.29, 0.717) is 25.8 Å². The second kappa shape index (κ2) is 12.4. The fraction of sp³-hybridized carbons (Fsp3) is 0.818. The first kappa shape index (κ1) is 20.7. The quantitative estimate of drug-likeness (QED) is 0.389. The summed E-state index contributed by atoms with van der Waals surface area (Å²) in [7, 11) is -4.48. The highest BCUT2D eigenvalue weighted by molar-refractivity contribution is 7.85. The first-order valence-corrected chi connectivity index (χ1v) is 7.49. The molecule has 0 rings (SSSR count). The lowest BCUT2D eigenvalue weighted by molar-refractivity contribution is 0.169. The van der Waals surface area contributed by atoms with Crippen molar-refractivity contribution in [1.29, 1.82) is 0 Å². The van der Waals surface area contributed by atoms with Gasteiger partial charge in [-0.1, -0.05) is 18.9 Å². The largest absolute Gasteiger partial charge is 0.327 e. The average molecular weight is 305 g/mol. The van der Waals surface area contributed by atoms with Crippen molar-refractivity contribution in [3.05, 3.63) is 12.7 Å². The van der Waals surface area contributed by atoms with Crippen LogP contribution < -0.4 is 5.73 Å². The van der Waals surface area contributed by atoms with Crippen LogP contribution in [0, 0.1) is 0 Å². The maximum Gasteiger partial charge on any atom is 0.267 e. The Morgan fingerprint density at radius 2 is 1.74 bits per heavy atom. The van der Waals surface area contributed by atoms with E-state index in [9.17, 15) is 21.6 Å². The van der Waals surface area contributed by atoms with Crippen molar-refractivity contribution in [3.63, 3.8) is 0 Å². The zero-order chi connectivity index (χ0) is 15.3. The summed E-state index contributed by atoms with van der Waals surface area (Å²) in [6.07, 6.45) is -1.61. The third-order valence-electron chi connectivity index (χ3n) is 2.04. The molecule has 116 valence electrons. The van der Waals surface area contributed by atoms with Crippen molar-refractivity contribution in [2.24, 2.45) is 5.73 Å². The number of alkyl halides is 3. The third-order valence-corrected chi connectivity index (χ3v) is 2.78. The van der Waals surface area contributed by atoms with Gasteiger partial charge in [0.2, 0.25) is 0 Å². The molecule has 4 nitrogen and oxygen atoms in total. The van der Waals surface area contributed by atoms with Gasteiger partial charge in [0.25, 0.3) is 10.1 Å². The maximum absolute atomic E-state index is 12.9. The summed E-state index contributed by atoms with van der Waals surface area (Å²) in [5.74, 6) is -1.22. The number of hydrogen-bond donors (Lipinski definition) is 2. The van der Waals surface area contributed by atoms with Gasteiger partial charge in [-0.15, -0.1) is 6.58 Å². The van der Waals surface area contributed by atoms with Gasteiger partial charge in [-0.2, -0.15) is 8.42 Å². The minimum Gasteiger partial charge on any atom is -0.327 e. The lowest BCUT2D eigenvalue weighted by Crippen LogP contribution is -2.26. The van der Waals surface area contributed by atoms with Gasteiger partial charge < -0.3 is 5.73 Å². The number of nitrogens with two attached hydrogens (primary N) is 1. The van der Waals surface area contributed by atoms with Gasteiger partial charge >= 0.3 is 0 Å². The molecule has 0 saturated heterocycles. The van der Waals surface area contributed by atoms with Crippen LogP contribution in [0.3, 0.4) is 0 Å². The molecule has 0 aliphatic heterocycles. The molecule has 0 aromatic rings. The highest BCUT2D eigenvalue weighted by Gasteiger charge is 2.25. The number of unbranched alkanes of at least 4 members (excludes halogenated alkanes) is 2. The molecule has 0 aromatic carbocycles. The van der Waals surface area contributed by atoms with Gasteiger partial charge in [-0.05, 0) is 12.8 Å². The molecule has 0 radical (unpaired) electrons. The van der Waals surface area contributed by atoms with Crippen LogP contribution in [0.2, 0.25) is 0 Å².